The first-order valence-electron chi connectivity index (χ1n) is 10.9. The Labute approximate surface area is 188 Å². The van der Waals surface area contributed by atoms with Crippen LogP contribution in [0.15, 0.2) is 53.0 Å². The second-order valence-electron chi connectivity index (χ2n) is 7.92. The van der Waals surface area contributed by atoms with Gasteiger partial charge in [0.15, 0.2) is 0 Å². The summed E-state index contributed by atoms with van der Waals surface area (Å²) in [4.78, 5) is 31.9. The Kier molecular flexibility index (Phi) is 7.78. The van der Waals surface area contributed by atoms with Crippen molar-refractivity contribution in [2.24, 2.45) is 10.7 Å². The summed E-state index contributed by atoms with van der Waals surface area (Å²) in [5.41, 5.74) is 10.1. The van der Waals surface area contributed by atoms with Crippen molar-refractivity contribution in [3.63, 3.8) is 0 Å². The summed E-state index contributed by atoms with van der Waals surface area (Å²) in [6, 6.07) is 12.7. The third kappa shape index (κ3) is 5.82. The van der Waals surface area contributed by atoms with Crippen molar-refractivity contribution in [2.45, 2.75) is 33.1 Å². The van der Waals surface area contributed by atoms with Crippen molar-refractivity contribution in [1.82, 2.24) is 4.90 Å². The molecule has 7 nitrogen and oxygen atoms in total. The van der Waals surface area contributed by atoms with Crippen molar-refractivity contribution < 1.29 is 14.7 Å². The number of nitrogens with one attached hydrogen (secondary N) is 1. The van der Waals surface area contributed by atoms with Gasteiger partial charge in [-0.2, -0.15) is 0 Å². The molecule has 168 valence electrons. The van der Waals surface area contributed by atoms with Crippen LogP contribution in [0.1, 0.15) is 47.7 Å². The molecule has 0 saturated carbocycles. The zero-order chi connectivity index (χ0) is 23.1. The molecule has 7 heteroatoms. The average molecular weight is 435 g/mol. The molecule has 4 N–H and O–H groups in total. The van der Waals surface area contributed by atoms with E-state index in [1.807, 2.05) is 31.2 Å². The molecule has 2 aromatic carbocycles. The summed E-state index contributed by atoms with van der Waals surface area (Å²) in [5, 5.41) is 12.2. The van der Waals surface area contributed by atoms with Gasteiger partial charge in [-0.1, -0.05) is 31.5 Å². The van der Waals surface area contributed by atoms with Crippen LogP contribution in [0.3, 0.4) is 0 Å². The van der Waals surface area contributed by atoms with Gasteiger partial charge in [0, 0.05) is 41.9 Å². The molecule has 1 aliphatic rings. The van der Waals surface area contributed by atoms with Crippen molar-refractivity contribution in [3.8, 4) is 0 Å². The lowest BCUT2D eigenvalue weighted by Gasteiger charge is -2.22. The molecule has 0 fully saturated rings. The molecule has 2 amide bonds. The number of carbonyl (C=O) groups is 2. The van der Waals surface area contributed by atoms with Crippen LogP contribution in [0.25, 0.3) is 6.08 Å². The summed E-state index contributed by atoms with van der Waals surface area (Å²) in [6.45, 7) is 4.78. The van der Waals surface area contributed by atoms with Crippen LogP contribution in [-0.2, 0) is 4.79 Å². The Hall–Kier alpha value is -3.45. The predicted octanol–water partition coefficient (Wildman–Crippen LogP) is 3.64. The summed E-state index contributed by atoms with van der Waals surface area (Å²) in [5.74, 6) is -0.0933. The number of nitrogens with zero attached hydrogens (tertiary/aromatic N) is 2. The van der Waals surface area contributed by atoms with E-state index in [2.05, 4.69) is 17.2 Å². The second-order valence-corrected chi connectivity index (χ2v) is 7.92. The standard InChI is InChI=1S/C25H30N4O3/c1-3-4-10-29(11-12-30)25(32)20-14-18-8-9-19(15-22(18)28-23(26)16-20)24(31)27-21-7-5-6-17(2)13-21/h5-9,13-15,30H,3-4,10-12,16H2,1-2H3,(H2,26,28)(H,27,31). The summed E-state index contributed by atoms with van der Waals surface area (Å²) < 4.78 is 0. The number of carbonyl (C=O) groups excluding carboxylic acids is 2. The van der Waals surface area contributed by atoms with Gasteiger partial charge in [-0.25, -0.2) is 4.99 Å². The molecular formula is C25H30N4O3. The largest absolute Gasteiger partial charge is 0.395 e. The fourth-order valence-corrected chi connectivity index (χ4v) is 3.58. The second kappa shape index (κ2) is 10.7. The van der Waals surface area contributed by atoms with E-state index in [1.165, 1.54) is 0 Å². The fourth-order valence-electron chi connectivity index (χ4n) is 3.58. The summed E-state index contributed by atoms with van der Waals surface area (Å²) in [6.07, 6.45) is 3.80. The van der Waals surface area contributed by atoms with E-state index in [1.54, 1.807) is 29.2 Å². The van der Waals surface area contributed by atoms with Gasteiger partial charge in [-0.05, 0) is 49.2 Å². The lowest BCUT2D eigenvalue weighted by atomic mass is 10.0. The number of fused-ring (bicyclic) bond motifs is 1. The number of benzene rings is 2. The number of hydrogen-bond acceptors (Lipinski definition) is 5. The molecule has 3 rings (SSSR count). The Morgan fingerprint density at radius 1 is 1.19 bits per heavy atom. The molecule has 0 aromatic heterocycles. The third-order valence-electron chi connectivity index (χ3n) is 5.25. The van der Waals surface area contributed by atoms with Crippen LogP contribution in [-0.4, -0.2) is 47.4 Å². The van der Waals surface area contributed by atoms with Crippen LogP contribution in [0, 0.1) is 6.92 Å². The minimum absolute atomic E-state index is 0.0949. The maximum atomic E-state index is 13.1. The molecule has 2 aromatic rings. The van der Waals surface area contributed by atoms with E-state index in [0.29, 0.717) is 29.2 Å². The van der Waals surface area contributed by atoms with Crippen molar-refractivity contribution in [3.05, 3.63) is 64.7 Å². The number of nitrogens with two attached hydrogens (primary N) is 1. The highest BCUT2D eigenvalue weighted by Crippen LogP contribution is 2.29. The number of aliphatic hydroxyl groups excluding tert-OH is 1. The molecule has 32 heavy (non-hydrogen) atoms. The van der Waals surface area contributed by atoms with Gasteiger partial charge in [0.2, 0.25) is 5.91 Å². The van der Waals surface area contributed by atoms with Gasteiger partial charge >= 0.3 is 0 Å². The maximum absolute atomic E-state index is 13.1. The molecular weight excluding hydrogens is 404 g/mol. The van der Waals surface area contributed by atoms with Crippen LogP contribution in [0.4, 0.5) is 11.4 Å². The molecule has 0 unspecified atom stereocenters. The molecule has 0 aliphatic carbocycles. The molecule has 0 saturated heterocycles. The number of aryl methyl sites for hydroxylation is 1. The smallest absolute Gasteiger partial charge is 0.255 e. The number of anilines is 1. The number of amides is 2. The normalized spacial score (nSPS) is 12.8. The Morgan fingerprint density at radius 3 is 2.72 bits per heavy atom. The highest BCUT2D eigenvalue weighted by Gasteiger charge is 2.21. The number of amidine groups is 1. The number of aliphatic imine (C=N–C) groups is 1. The van der Waals surface area contributed by atoms with Crippen molar-refractivity contribution in [2.75, 3.05) is 25.0 Å². The SMILES string of the molecule is CCCCN(CCO)C(=O)C1=Cc2ccc(C(=O)Nc3cccc(C)c3)cc2N=C(N)C1. The van der Waals surface area contributed by atoms with E-state index >= 15 is 0 Å². The van der Waals surface area contributed by atoms with E-state index in [0.717, 1.165) is 29.7 Å². The van der Waals surface area contributed by atoms with E-state index in [-0.39, 0.29) is 31.4 Å². The van der Waals surface area contributed by atoms with Crippen LogP contribution >= 0.6 is 0 Å². The lowest BCUT2D eigenvalue weighted by molar-refractivity contribution is -0.127. The van der Waals surface area contributed by atoms with Crippen LogP contribution < -0.4 is 11.1 Å². The van der Waals surface area contributed by atoms with Gasteiger partial charge in [0.25, 0.3) is 5.91 Å². The zero-order valence-corrected chi connectivity index (χ0v) is 18.6. The predicted molar refractivity (Wildman–Crippen MR) is 128 cm³/mol. The molecule has 0 atom stereocenters. The van der Waals surface area contributed by atoms with E-state index in [4.69, 9.17) is 5.73 Å². The van der Waals surface area contributed by atoms with Crippen molar-refractivity contribution in [1.29, 1.82) is 0 Å². The quantitative estimate of drug-likeness (QED) is 0.589. The van der Waals surface area contributed by atoms with Crippen molar-refractivity contribution >= 4 is 35.1 Å². The Morgan fingerprint density at radius 2 is 2.00 bits per heavy atom. The third-order valence-corrected chi connectivity index (χ3v) is 5.25. The number of hydrogen-bond donors (Lipinski definition) is 3. The number of rotatable bonds is 8. The highest BCUT2D eigenvalue weighted by atomic mass is 16.3. The zero-order valence-electron chi connectivity index (χ0n) is 18.6. The molecule has 0 spiro atoms. The first-order valence-corrected chi connectivity index (χ1v) is 10.9. The van der Waals surface area contributed by atoms with Gasteiger partial charge in [-0.15, -0.1) is 0 Å². The van der Waals surface area contributed by atoms with Gasteiger partial charge < -0.3 is 21.1 Å². The highest BCUT2D eigenvalue weighted by molar-refractivity contribution is 6.07. The minimum atomic E-state index is -0.245. The summed E-state index contributed by atoms with van der Waals surface area (Å²) in [7, 11) is 0. The monoisotopic (exact) mass is 434 g/mol. The van der Waals surface area contributed by atoms with Gasteiger partial charge in [-0.3, -0.25) is 9.59 Å². The Bertz CT molecular complexity index is 1060. The van der Waals surface area contributed by atoms with E-state index in [9.17, 15) is 14.7 Å². The maximum Gasteiger partial charge on any atom is 0.255 e. The minimum Gasteiger partial charge on any atom is -0.395 e. The molecule has 1 heterocycles. The van der Waals surface area contributed by atoms with Gasteiger partial charge in [0.05, 0.1) is 12.3 Å². The number of unbranched alkanes of at least 4 members (excludes halogenated alkanes) is 1. The van der Waals surface area contributed by atoms with Crippen LogP contribution in [0.2, 0.25) is 0 Å². The van der Waals surface area contributed by atoms with E-state index < -0.39 is 0 Å². The lowest BCUT2D eigenvalue weighted by Crippen LogP contribution is -2.36. The van der Waals surface area contributed by atoms with Crippen LogP contribution in [0.5, 0.6) is 0 Å². The van der Waals surface area contributed by atoms with Gasteiger partial charge in [0.1, 0.15) is 5.84 Å². The molecule has 0 radical (unpaired) electrons. The fraction of sp³-hybridized carbons (Fsp3) is 0.320. The average Bonchev–Trinajstić information content (AvgIpc) is 2.93. The molecule has 0 bridgehead atoms. The Balaban J connectivity index is 1.86. The number of aliphatic hydroxyl groups is 1. The first kappa shape index (κ1) is 23.2. The summed E-state index contributed by atoms with van der Waals surface area (Å²) >= 11 is 0. The topological polar surface area (TPSA) is 108 Å². The first-order chi connectivity index (χ1) is 15.4. The molecule has 1 aliphatic heterocycles.